The lowest BCUT2D eigenvalue weighted by Crippen LogP contribution is -2.64. The lowest BCUT2D eigenvalue weighted by atomic mass is 9.94. The number of nitrogens with two attached hydrogens (primary N) is 5. The molecule has 0 spiro atoms. The molecule has 3 aromatic carbocycles. The van der Waals surface area contributed by atoms with E-state index in [1.54, 1.807) is 60.7 Å². The highest BCUT2D eigenvalue weighted by atomic mass is 127. The molecule has 1 saturated heterocycles. The van der Waals surface area contributed by atoms with Crippen LogP contribution in [0.25, 0.3) is 0 Å². The molecule has 0 aromatic heterocycles. The minimum absolute atomic E-state index is 0.0685. The minimum atomic E-state index is -3.12. The molecule has 1 fully saturated rings. The van der Waals surface area contributed by atoms with E-state index in [9.17, 15) is 8.42 Å². The van der Waals surface area contributed by atoms with Crippen LogP contribution in [0.5, 0.6) is 0 Å². The molecule has 4 rings (SSSR count). The van der Waals surface area contributed by atoms with Crippen molar-refractivity contribution < 1.29 is 8.42 Å². The molecular weight excluding hydrogens is 1170 g/mol. The van der Waals surface area contributed by atoms with Crippen molar-refractivity contribution in [3.8, 4) is 0 Å². The molecule has 392 valence electrons. The number of sulfone groups is 1. The molecule has 3 aromatic rings. The first kappa shape index (κ1) is 63.1. The van der Waals surface area contributed by atoms with Crippen molar-refractivity contribution in [2.45, 2.75) is 136 Å². The van der Waals surface area contributed by atoms with E-state index in [4.69, 9.17) is 51.9 Å². The molecule has 1 aliphatic heterocycles. The number of aliphatic imine (C=N–C) groups is 4. The first-order chi connectivity index (χ1) is 33.2. The molecule has 70 heavy (non-hydrogen) atoms. The van der Waals surface area contributed by atoms with E-state index in [-0.39, 0.29) is 29.4 Å². The highest BCUT2D eigenvalue weighted by Crippen LogP contribution is 2.26. The fourth-order valence-corrected chi connectivity index (χ4v) is 10.4. The maximum Gasteiger partial charge on any atom is 0.218 e. The molecule has 0 amide bonds. The second-order valence-electron chi connectivity index (χ2n) is 17.9. The maximum atomic E-state index is 11.6. The first-order valence-corrected chi connectivity index (χ1v) is 29.2. The number of benzene rings is 3. The van der Waals surface area contributed by atoms with Crippen LogP contribution in [0.3, 0.4) is 0 Å². The van der Waals surface area contributed by atoms with Crippen LogP contribution < -0.4 is 39.3 Å². The van der Waals surface area contributed by atoms with Crippen LogP contribution in [0.2, 0.25) is 10.0 Å². The van der Waals surface area contributed by atoms with Gasteiger partial charge in [0.25, 0.3) is 0 Å². The Morgan fingerprint density at radius 3 is 1.60 bits per heavy atom. The van der Waals surface area contributed by atoms with Crippen molar-refractivity contribution in [2.24, 2.45) is 54.6 Å². The summed E-state index contributed by atoms with van der Waals surface area (Å²) >= 11 is 15.5. The number of nitrogens with zero attached hydrogens (tertiary/aromatic N) is 6. The van der Waals surface area contributed by atoms with Crippen LogP contribution in [0.15, 0.2) is 97.7 Å². The summed E-state index contributed by atoms with van der Waals surface area (Å²) in [6, 6.07) is 21.8. The molecular formula is C50H81Cl2I2N13O2S. The van der Waals surface area contributed by atoms with Crippen LogP contribution in [0, 0.1) is 12.8 Å². The number of hydrogen-bond acceptors (Lipinski definition) is 7. The Balaban J connectivity index is 0.000000400. The zero-order chi connectivity index (χ0) is 52.1. The lowest BCUT2D eigenvalue weighted by Gasteiger charge is -2.48. The summed E-state index contributed by atoms with van der Waals surface area (Å²) in [5, 5.41) is 7.11. The highest BCUT2D eigenvalue weighted by Gasteiger charge is 2.35. The van der Waals surface area contributed by atoms with Crippen molar-refractivity contribution in [3.63, 3.8) is 0 Å². The van der Waals surface area contributed by atoms with Crippen LogP contribution >= 0.6 is 68.4 Å². The SMILES string of the molecule is CCCCC(CC)CN1CN(C(CC)CCCC)CC(C)(N)C1.Cc1ccc(S(=O)(=O)C(I)I)cc1.NC(=NCCCCCCN=C(N)/N=C(\N)Nc1ccc(Cl)cc1)/N=C(\N)Nc1ccc(Cl)cc1. The largest absolute Gasteiger partial charge is 0.369 e. The quantitative estimate of drug-likeness (QED) is 0.0164. The summed E-state index contributed by atoms with van der Waals surface area (Å²) < 4.78 is 22.8. The predicted molar refractivity (Wildman–Crippen MR) is 318 cm³/mol. The second kappa shape index (κ2) is 34.4. The normalized spacial score (nSPS) is 17.3. The fourth-order valence-electron chi connectivity index (χ4n) is 7.65. The monoisotopic (exact) mass is 1250 g/mol. The molecule has 20 heteroatoms. The zero-order valence-electron chi connectivity index (χ0n) is 42.2. The average Bonchev–Trinajstić information content (AvgIpc) is 3.30. The van der Waals surface area contributed by atoms with Gasteiger partial charge in [-0.2, -0.15) is 9.98 Å². The van der Waals surface area contributed by atoms with E-state index < -0.39 is 11.1 Å². The van der Waals surface area contributed by atoms with Crippen LogP contribution in [0.4, 0.5) is 11.4 Å². The summed E-state index contributed by atoms with van der Waals surface area (Å²) in [6.07, 6.45) is 14.2. The van der Waals surface area contributed by atoms with E-state index in [1.807, 2.05) is 64.2 Å². The van der Waals surface area contributed by atoms with Gasteiger partial charge in [-0.15, -0.1) is 0 Å². The summed E-state index contributed by atoms with van der Waals surface area (Å²) in [5.74, 6) is 1.40. The number of halogens is 4. The van der Waals surface area contributed by atoms with Gasteiger partial charge < -0.3 is 39.3 Å². The van der Waals surface area contributed by atoms with Gasteiger partial charge >= 0.3 is 0 Å². The van der Waals surface area contributed by atoms with E-state index in [2.05, 4.69) is 75.0 Å². The van der Waals surface area contributed by atoms with Gasteiger partial charge in [0.2, 0.25) is 23.8 Å². The van der Waals surface area contributed by atoms with Gasteiger partial charge in [-0.1, -0.05) is 159 Å². The molecule has 0 bridgehead atoms. The van der Waals surface area contributed by atoms with Gasteiger partial charge in [0.15, 0.2) is 11.1 Å². The van der Waals surface area contributed by atoms with Crippen molar-refractivity contribution in [1.82, 2.24) is 9.80 Å². The van der Waals surface area contributed by atoms with Crippen molar-refractivity contribution >= 4 is 113 Å². The van der Waals surface area contributed by atoms with Gasteiger partial charge in [0, 0.05) is 65.7 Å². The van der Waals surface area contributed by atoms with Gasteiger partial charge in [0.1, 0.15) is 0 Å². The fraction of sp³-hybridized carbons (Fsp3) is 0.560. The second-order valence-corrected chi connectivity index (χ2v) is 27.4. The summed E-state index contributed by atoms with van der Waals surface area (Å²) in [6.45, 7) is 19.0. The number of hydrogen-bond donors (Lipinski definition) is 7. The number of alkyl halides is 2. The third kappa shape index (κ3) is 26.6. The Hall–Kier alpha value is -2.99. The van der Waals surface area contributed by atoms with Crippen LogP contribution in [-0.2, 0) is 9.84 Å². The number of guanidine groups is 4. The standard InChI is InChI=1S/C22H30Cl2N10.C20H43N3.C8H8I2O2S/c23-15-5-9-17(10-6-15)31-21(27)33-19(25)29-13-3-1-2-4-14-30-20(26)34-22(28)32-18-11-7-16(24)8-12-18;1-6-10-12-18(8-3)14-22-15-20(5,21)16-23(17-22)19(9-4)13-11-7-2;1-6-2-4-7(5-3-6)13(11,12)8(9)10/h5-12H,1-4,13-14H2,(H5,25,27,29,31,33)(H5,26,28,30,32,34);18-19H,6-17,21H2,1-5H3;2-5,8H,1H3. The number of anilines is 2. The minimum Gasteiger partial charge on any atom is -0.369 e. The van der Waals surface area contributed by atoms with E-state index in [0.717, 1.165) is 68.3 Å². The van der Waals surface area contributed by atoms with Crippen LogP contribution in [0.1, 0.15) is 117 Å². The van der Waals surface area contributed by atoms with E-state index in [0.29, 0.717) is 34.1 Å². The van der Waals surface area contributed by atoms with Gasteiger partial charge in [-0.05, 0) is 113 Å². The number of unbranched alkanes of at least 4 members (excludes halogenated alkanes) is 5. The van der Waals surface area contributed by atoms with Gasteiger partial charge in [0.05, 0.1) is 11.6 Å². The van der Waals surface area contributed by atoms with Crippen molar-refractivity contribution in [2.75, 3.05) is 50.0 Å². The Morgan fingerprint density at radius 2 is 1.17 bits per heavy atom. The molecule has 3 atom stereocenters. The Labute approximate surface area is 457 Å². The predicted octanol–water partition coefficient (Wildman–Crippen LogP) is 10.7. The average molecular weight is 1250 g/mol. The maximum absolute atomic E-state index is 11.6. The molecule has 0 radical (unpaired) electrons. The number of aryl methyl sites for hydroxylation is 1. The number of rotatable bonds is 22. The summed E-state index contributed by atoms with van der Waals surface area (Å²) in [5.41, 5.74) is 32.4. The Morgan fingerprint density at radius 1 is 0.700 bits per heavy atom. The molecule has 1 aliphatic rings. The van der Waals surface area contributed by atoms with E-state index in [1.165, 1.54) is 57.9 Å². The molecule has 12 N–H and O–H groups in total. The van der Waals surface area contributed by atoms with Crippen LogP contribution in [-0.4, -0.2) is 94.3 Å². The molecule has 15 nitrogen and oxygen atoms in total. The van der Waals surface area contributed by atoms with E-state index >= 15 is 0 Å². The molecule has 1 heterocycles. The summed E-state index contributed by atoms with van der Waals surface area (Å²) in [4.78, 5) is 22.2. The molecule has 0 aliphatic carbocycles. The first-order valence-electron chi connectivity index (χ1n) is 24.4. The third-order valence-corrected chi connectivity index (χ3v) is 17.3. The summed E-state index contributed by atoms with van der Waals surface area (Å²) in [7, 11) is -3.12. The topological polar surface area (TPSA) is 244 Å². The third-order valence-electron chi connectivity index (χ3n) is 11.4. The Kier molecular flexibility index (Phi) is 31.1. The van der Waals surface area contributed by atoms with Crippen molar-refractivity contribution in [1.29, 1.82) is 0 Å². The smallest absolute Gasteiger partial charge is 0.218 e. The molecule has 0 saturated carbocycles. The van der Waals surface area contributed by atoms with Gasteiger partial charge in [-0.25, -0.2) is 8.42 Å². The Bertz CT molecular complexity index is 2080. The molecule has 3 unspecified atom stereocenters. The number of nitrogens with one attached hydrogen (secondary N) is 2. The lowest BCUT2D eigenvalue weighted by molar-refractivity contribution is -0.00109. The van der Waals surface area contributed by atoms with Gasteiger partial charge in [-0.3, -0.25) is 19.8 Å². The highest BCUT2D eigenvalue weighted by molar-refractivity contribution is 14.2. The van der Waals surface area contributed by atoms with Crippen molar-refractivity contribution in [3.05, 3.63) is 88.4 Å². The zero-order valence-corrected chi connectivity index (χ0v) is 48.8.